The van der Waals surface area contributed by atoms with E-state index >= 15 is 0 Å². The lowest BCUT2D eigenvalue weighted by atomic mass is 10.2. The van der Waals surface area contributed by atoms with Crippen molar-refractivity contribution < 1.29 is 18.5 Å². The number of carbonyl (C=O) groups is 1. The van der Waals surface area contributed by atoms with E-state index in [0.717, 1.165) is 17.4 Å². The van der Waals surface area contributed by atoms with Gasteiger partial charge in [0.25, 0.3) is 18.0 Å². The van der Waals surface area contributed by atoms with Gasteiger partial charge in [-0.1, -0.05) is 0 Å². The number of non-ortho nitro benzene ring substituents is 1. The number of benzene rings is 1. The fourth-order valence-corrected chi connectivity index (χ4v) is 4.20. The van der Waals surface area contributed by atoms with Crippen molar-refractivity contribution in [3.8, 4) is 0 Å². The predicted molar refractivity (Wildman–Crippen MR) is 106 cm³/mol. The molecular weight excluding hydrogens is 520 g/mol. The molecule has 150 valence electrons. The zero-order chi connectivity index (χ0) is 20.9. The minimum atomic E-state index is -2.77. The van der Waals surface area contributed by atoms with Gasteiger partial charge in [-0.15, -0.1) is 0 Å². The highest BCUT2D eigenvalue weighted by Crippen LogP contribution is 2.40. The topological polar surface area (TPSA) is 102 Å². The predicted octanol–water partition coefficient (Wildman–Crippen LogP) is 5.23. The Morgan fingerprint density at radius 2 is 1.90 bits per heavy atom. The van der Waals surface area contributed by atoms with Gasteiger partial charge in [0.05, 0.1) is 10.6 Å². The minimum absolute atomic E-state index is 0.107. The Morgan fingerprint density at radius 3 is 2.45 bits per heavy atom. The van der Waals surface area contributed by atoms with Crippen LogP contribution in [0, 0.1) is 10.1 Å². The second-order valence-corrected chi connectivity index (χ2v) is 8.18. The Labute approximate surface area is 178 Å². The van der Waals surface area contributed by atoms with Gasteiger partial charge in [0.15, 0.2) is 11.3 Å². The zero-order valence-corrected chi connectivity index (χ0v) is 17.6. The summed E-state index contributed by atoms with van der Waals surface area (Å²) in [6.07, 6.45) is -0.975. The number of hydrogen-bond acceptors (Lipinski definition) is 5. The van der Waals surface area contributed by atoms with Gasteiger partial charge in [-0.05, 0) is 50.8 Å². The number of nitrogens with zero attached hydrogens (tertiary/aromatic N) is 4. The van der Waals surface area contributed by atoms with E-state index in [1.54, 1.807) is 0 Å². The molecule has 0 aliphatic heterocycles. The van der Waals surface area contributed by atoms with E-state index in [1.807, 2.05) is 0 Å². The Bertz CT molecular complexity index is 1140. The number of halogens is 4. The van der Waals surface area contributed by atoms with Crippen LogP contribution in [0.15, 0.2) is 33.2 Å². The zero-order valence-electron chi connectivity index (χ0n) is 14.4. The molecular formula is C17H11Br2F2N5O3. The maximum Gasteiger partial charge on any atom is 0.280 e. The van der Waals surface area contributed by atoms with Crippen LogP contribution < -0.4 is 5.32 Å². The maximum atomic E-state index is 13.5. The molecule has 0 saturated heterocycles. The summed E-state index contributed by atoms with van der Waals surface area (Å²) in [6.45, 7) is 0. The first-order chi connectivity index (χ1) is 13.7. The molecule has 1 amide bonds. The van der Waals surface area contributed by atoms with Gasteiger partial charge in [-0.2, -0.15) is 5.10 Å². The number of fused-ring (bicyclic) bond motifs is 1. The third-order valence-corrected chi connectivity index (χ3v) is 5.65. The van der Waals surface area contributed by atoms with Gasteiger partial charge in [0.1, 0.15) is 5.69 Å². The van der Waals surface area contributed by atoms with Gasteiger partial charge < -0.3 is 5.32 Å². The summed E-state index contributed by atoms with van der Waals surface area (Å²) in [7, 11) is 0. The number of nitro groups is 1. The fraction of sp³-hybridized carbons (Fsp3) is 0.235. The average molecular weight is 531 g/mol. The van der Waals surface area contributed by atoms with E-state index < -0.39 is 17.3 Å². The fourth-order valence-electron chi connectivity index (χ4n) is 2.83. The Kier molecular flexibility index (Phi) is 5.07. The number of rotatable bonds is 5. The molecule has 3 aromatic rings. The number of amides is 1. The molecule has 0 radical (unpaired) electrons. The Hall–Kier alpha value is -2.47. The van der Waals surface area contributed by atoms with Crippen LogP contribution in [0.2, 0.25) is 0 Å². The summed E-state index contributed by atoms with van der Waals surface area (Å²) < 4.78 is 28.5. The van der Waals surface area contributed by atoms with Crippen molar-refractivity contribution in [1.29, 1.82) is 0 Å². The molecule has 4 rings (SSSR count). The molecule has 2 heterocycles. The van der Waals surface area contributed by atoms with E-state index in [4.69, 9.17) is 0 Å². The quantitative estimate of drug-likeness (QED) is 0.359. The normalized spacial score (nSPS) is 13.8. The van der Waals surface area contributed by atoms with Crippen LogP contribution in [0.4, 0.5) is 20.2 Å². The third-order valence-electron chi connectivity index (χ3n) is 4.40. The molecule has 8 nitrogen and oxygen atoms in total. The van der Waals surface area contributed by atoms with Crippen LogP contribution in [0.5, 0.6) is 0 Å². The largest absolute Gasteiger partial charge is 0.319 e. The molecule has 0 unspecified atom stereocenters. The molecule has 12 heteroatoms. The first-order valence-corrected chi connectivity index (χ1v) is 9.96. The number of hydrogen-bond donors (Lipinski definition) is 1. The Balaban J connectivity index is 1.69. The van der Waals surface area contributed by atoms with Crippen LogP contribution in [-0.2, 0) is 0 Å². The second kappa shape index (κ2) is 7.41. The van der Waals surface area contributed by atoms with Gasteiger partial charge in [-0.25, -0.2) is 18.3 Å². The molecule has 0 bridgehead atoms. The standard InChI is InChI=1S/C17H11Br2F2N5O3/c18-9-3-8(26(28)29)4-10(19)15(9)23-17(27)12-6-14-22-11(7-1-2-7)5-13(16(20)21)25(14)24-12/h3-7,16H,1-2H2,(H,23,27). The van der Waals surface area contributed by atoms with Crippen molar-refractivity contribution >= 4 is 54.8 Å². The summed E-state index contributed by atoms with van der Waals surface area (Å²) in [6, 6.07) is 5.14. The second-order valence-electron chi connectivity index (χ2n) is 6.48. The van der Waals surface area contributed by atoms with E-state index in [9.17, 15) is 23.7 Å². The molecule has 1 fully saturated rings. The lowest BCUT2D eigenvalue weighted by Crippen LogP contribution is -2.14. The summed E-state index contributed by atoms with van der Waals surface area (Å²) in [5, 5.41) is 17.5. The van der Waals surface area contributed by atoms with Crippen molar-refractivity contribution in [2.45, 2.75) is 25.2 Å². The lowest BCUT2D eigenvalue weighted by molar-refractivity contribution is -0.385. The monoisotopic (exact) mass is 529 g/mol. The van der Waals surface area contributed by atoms with Crippen LogP contribution in [-0.4, -0.2) is 25.4 Å². The summed E-state index contributed by atoms with van der Waals surface area (Å²) in [5.74, 6) is -0.504. The van der Waals surface area contributed by atoms with Crippen LogP contribution >= 0.6 is 31.9 Å². The average Bonchev–Trinajstić information content (AvgIpc) is 3.41. The molecule has 1 aromatic carbocycles. The first-order valence-electron chi connectivity index (χ1n) is 8.38. The molecule has 1 saturated carbocycles. The summed E-state index contributed by atoms with van der Waals surface area (Å²) in [5.41, 5.74) is 0.376. The number of nitrogens with one attached hydrogen (secondary N) is 1. The summed E-state index contributed by atoms with van der Waals surface area (Å²) in [4.78, 5) is 27.3. The SMILES string of the molecule is O=C(Nc1c(Br)cc([N+](=O)[O-])cc1Br)c1cc2nc(C3CC3)cc(C(F)F)n2n1. The van der Waals surface area contributed by atoms with Crippen LogP contribution in [0.25, 0.3) is 5.65 Å². The maximum absolute atomic E-state index is 13.5. The molecule has 1 aliphatic rings. The van der Waals surface area contributed by atoms with Crippen molar-refractivity contribution in [1.82, 2.24) is 14.6 Å². The van der Waals surface area contributed by atoms with E-state index in [2.05, 4.69) is 47.3 Å². The van der Waals surface area contributed by atoms with Crippen molar-refractivity contribution in [2.75, 3.05) is 5.32 Å². The van der Waals surface area contributed by atoms with Gasteiger partial charge in [0, 0.05) is 38.8 Å². The van der Waals surface area contributed by atoms with Gasteiger partial charge in [-0.3, -0.25) is 14.9 Å². The van der Waals surface area contributed by atoms with Gasteiger partial charge in [0.2, 0.25) is 0 Å². The first kappa shape index (κ1) is 19.8. The minimum Gasteiger partial charge on any atom is -0.319 e. The van der Waals surface area contributed by atoms with Crippen molar-refractivity contribution in [3.05, 3.63) is 60.4 Å². The molecule has 1 aliphatic carbocycles. The molecule has 0 spiro atoms. The number of nitro benzene ring substituents is 1. The highest BCUT2D eigenvalue weighted by Gasteiger charge is 2.28. The van der Waals surface area contributed by atoms with E-state index in [-0.39, 0.29) is 43.3 Å². The van der Waals surface area contributed by atoms with Crippen LogP contribution in [0.1, 0.15) is 47.1 Å². The number of aromatic nitrogens is 3. The van der Waals surface area contributed by atoms with Crippen molar-refractivity contribution in [2.24, 2.45) is 0 Å². The van der Waals surface area contributed by atoms with Gasteiger partial charge >= 0.3 is 0 Å². The molecule has 0 atom stereocenters. The molecule has 1 N–H and O–H groups in total. The number of alkyl halides is 2. The Morgan fingerprint density at radius 1 is 1.24 bits per heavy atom. The smallest absolute Gasteiger partial charge is 0.280 e. The molecule has 2 aromatic heterocycles. The summed E-state index contributed by atoms with van der Waals surface area (Å²) >= 11 is 6.36. The lowest BCUT2D eigenvalue weighted by Gasteiger charge is -2.08. The van der Waals surface area contributed by atoms with Crippen molar-refractivity contribution in [3.63, 3.8) is 0 Å². The van der Waals surface area contributed by atoms with E-state index in [0.29, 0.717) is 5.69 Å². The van der Waals surface area contributed by atoms with E-state index in [1.165, 1.54) is 24.3 Å². The highest BCUT2D eigenvalue weighted by molar-refractivity contribution is 9.11. The molecule has 29 heavy (non-hydrogen) atoms. The third kappa shape index (κ3) is 3.86. The number of carbonyl (C=O) groups excluding carboxylic acids is 1. The number of anilines is 1. The highest BCUT2D eigenvalue weighted by atomic mass is 79.9. The van der Waals surface area contributed by atoms with Crippen LogP contribution in [0.3, 0.4) is 0 Å².